The minimum absolute atomic E-state index is 0. The fraction of sp³-hybridized carbons (Fsp3) is 1.00. The van der Waals surface area contributed by atoms with Crippen molar-refractivity contribution in [1.29, 1.82) is 0 Å². The first-order valence-corrected chi connectivity index (χ1v) is 4.45. The van der Waals surface area contributed by atoms with E-state index in [9.17, 15) is 0 Å². The van der Waals surface area contributed by atoms with E-state index in [1.165, 1.54) is 12.8 Å². The van der Waals surface area contributed by atoms with E-state index in [0.29, 0.717) is 6.04 Å². The standard InChI is InChI=1S/C9H21N.ClH/c1-5-7-8(3)9(4)10-6-2;/h8-10H,5-7H2,1-4H3;1H. The quantitative estimate of drug-likeness (QED) is 0.685. The lowest BCUT2D eigenvalue weighted by molar-refractivity contribution is 0.383. The van der Waals surface area contributed by atoms with Crippen molar-refractivity contribution in [3.63, 3.8) is 0 Å². The highest BCUT2D eigenvalue weighted by atomic mass is 35.5. The van der Waals surface area contributed by atoms with E-state index < -0.39 is 0 Å². The van der Waals surface area contributed by atoms with E-state index in [0.717, 1.165) is 12.5 Å². The molecule has 0 aliphatic heterocycles. The molecule has 0 amide bonds. The molecule has 0 rings (SSSR count). The predicted octanol–water partition coefficient (Wildman–Crippen LogP) is 2.84. The van der Waals surface area contributed by atoms with Gasteiger partial charge in [0, 0.05) is 6.04 Å². The van der Waals surface area contributed by atoms with Gasteiger partial charge >= 0.3 is 0 Å². The first-order valence-electron chi connectivity index (χ1n) is 4.45. The molecule has 0 aromatic rings. The molecule has 0 heterocycles. The molecule has 0 aliphatic carbocycles. The van der Waals surface area contributed by atoms with Gasteiger partial charge in [-0.3, -0.25) is 0 Å². The highest BCUT2D eigenvalue weighted by molar-refractivity contribution is 5.85. The third-order valence-corrected chi connectivity index (χ3v) is 2.12. The Morgan fingerprint density at radius 2 is 1.73 bits per heavy atom. The van der Waals surface area contributed by atoms with E-state index >= 15 is 0 Å². The van der Waals surface area contributed by atoms with E-state index in [4.69, 9.17) is 0 Å². The van der Waals surface area contributed by atoms with Crippen LogP contribution in [0.1, 0.15) is 40.5 Å². The Morgan fingerprint density at radius 3 is 2.09 bits per heavy atom. The average molecular weight is 180 g/mol. The van der Waals surface area contributed by atoms with Crippen molar-refractivity contribution >= 4 is 12.4 Å². The summed E-state index contributed by atoms with van der Waals surface area (Å²) in [6.45, 7) is 10.1. The van der Waals surface area contributed by atoms with Crippen LogP contribution in [0.25, 0.3) is 0 Å². The van der Waals surface area contributed by atoms with Crippen molar-refractivity contribution in [2.75, 3.05) is 6.54 Å². The summed E-state index contributed by atoms with van der Waals surface area (Å²) in [5, 5.41) is 3.43. The van der Waals surface area contributed by atoms with Crippen LogP contribution >= 0.6 is 12.4 Å². The van der Waals surface area contributed by atoms with Gasteiger partial charge in [0.25, 0.3) is 0 Å². The van der Waals surface area contributed by atoms with Gasteiger partial charge in [0.1, 0.15) is 0 Å². The Bertz CT molecular complexity index is 66.0. The fourth-order valence-corrected chi connectivity index (χ4v) is 1.23. The van der Waals surface area contributed by atoms with Crippen LogP contribution in [-0.4, -0.2) is 12.6 Å². The normalized spacial score (nSPS) is 15.3. The van der Waals surface area contributed by atoms with Crippen LogP contribution in [0, 0.1) is 5.92 Å². The fourth-order valence-electron chi connectivity index (χ4n) is 1.23. The van der Waals surface area contributed by atoms with E-state index in [-0.39, 0.29) is 12.4 Å². The maximum absolute atomic E-state index is 3.43. The Hall–Kier alpha value is 0.250. The second-order valence-corrected chi connectivity index (χ2v) is 3.11. The zero-order valence-corrected chi connectivity index (χ0v) is 9.00. The maximum Gasteiger partial charge on any atom is 0.00642 e. The average Bonchev–Trinajstić information content (AvgIpc) is 1.89. The molecule has 2 heteroatoms. The van der Waals surface area contributed by atoms with Crippen LogP contribution in [0.2, 0.25) is 0 Å². The van der Waals surface area contributed by atoms with Gasteiger partial charge in [-0.25, -0.2) is 0 Å². The minimum Gasteiger partial charge on any atom is -0.314 e. The minimum atomic E-state index is 0. The van der Waals surface area contributed by atoms with Crippen molar-refractivity contribution in [1.82, 2.24) is 5.32 Å². The molecule has 0 spiro atoms. The number of nitrogens with one attached hydrogen (secondary N) is 1. The molecule has 0 radical (unpaired) electrons. The third kappa shape index (κ3) is 6.64. The van der Waals surface area contributed by atoms with Gasteiger partial charge in [-0.05, 0) is 25.8 Å². The second-order valence-electron chi connectivity index (χ2n) is 3.11. The highest BCUT2D eigenvalue weighted by Gasteiger charge is 2.08. The zero-order valence-electron chi connectivity index (χ0n) is 8.18. The Morgan fingerprint density at radius 1 is 1.18 bits per heavy atom. The monoisotopic (exact) mass is 179 g/mol. The van der Waals surface area contributed by atoms with Crippen LogP contribution in [0.3, 0.4) is 0 Å². The number of hydrogen-bond donors (Lipinski definition) is 1. The predicted molar refractivity (Wildman–Crippen MR) is 54.5 cm³/mol. The van der Waals surface area contributed by atoms with Crippen LogP contribution in [0.4, 0.5) is 0 Å². The molecule has 0 aliphatic rings. The SMILES string of the molecule is CCCC(C)C(C)NCC.Cl. The second kappa shape index (κ2) is 8.35. The smallest absolute Gasteiger partial charge is 0.00642 e. The molecule has 2 atom stereocenters. The van der Waals surface area contributed by atoms with Crippen LogP contribution in [-0.2, 0) is 0 Å². The first-order chi connectivity index (χ1) is 4.72. The molecule has 0 bridgehead atoms. The van der Waals surface area contributed by atoms with Crippen molar-refractivity contribution in [3.8, 4) is 0 Å². The lowest BCUT2D eigenvalue weighted by Gasteiger charge is -2.19. The third-order valence-electron chi connectivity index (χ3n) is 2.12. The van der Waals surface area contributed by atoms with Gasteiger partial charge in [0.05, 0.1) is 0 Å². The number of hydrogen-bond acceptors (Lipinski definition) is 1. The van der Waals surface area contributed by atoms with Crippen molar-refractivity contribution in [2.24, 2.45) is 5.92 Å². The lowest BCUT2D eigenvalue weighted by atomic mass is 9.98. The molecule has 0 saturated heterocycles. The molecule has 1 N–H and O–H groups in total. The van der Waals surface area contributed by atoms with Crippen LogP contribution < -0.4 is 5.32 Å². The maximum atomic E-state index is 3.43. The number of rotatable bonds is 5. The van der Waals surface area contributed by atoms with Crippen LogP contribution in [0.15, 0.2) is 0 Å². The Balaban J connectivity index is 0. The van der Waals surface area contributed by atoms with Crippen molar-refractivity contribution in [3.05, 3.63) is 0 Å². The van der Waals surface area contributed by atoms with E-state index in [1.807, 2.05) is 0 Å². The topological polar surface area (TPSA) is 12.0 Å². The molecule has 0 aromatic heterocycles. The molecule has 0 saturated carbocycles. The lowest BCUT2D eigenvalue weighted by Crippen LogP contribution is -2.31. The van der Waals surface area contributed by atoms with Gasteiger partial charge in [-0.2, -0.15) is 0 Å². The summed E-state index contributed by atoms with van der Waals surface area (Å²) in [7, 11) is 0. The van der Waals surface area contributed by atoms with Gasteiger partial charge in [-0.15, -0.1) is 12.4 Å². The van der Waals surface area contributed by atoms with E-state index in [1.54, 1.807) is 0 Å². The van der Waals surface area contributed by atoms with Gasteiger partial charge < -0.3 is 5.32 Å². The molecule has 1 nitrogen and oxygen atoms in total. The Labute approximate surface area is 77.4 Å². The summed E-state index contributed by atoms with van der Waals surface area (Å²) in [6, 6.07) is 0.685. The summed E-state index contributed by atoms with van der Waals surface area (Å²) < 4.78 is 0. The molecular weight excluding hydrogens is 158 g/mol. The Kier molecular flexibility index (Phi) is 10.5. The van der Waals surface area contributed by atoms with Crippen LogP contribution in [0.5, 0.6) is 0 Å². The molecule has 11 heavy (non-hydrogen) atoms. The first kappa shape index (κ1) is 13.8. The van der Waals surface area contributed by atoms with Crippen molar-refractivity contribution < 1.29 is 0 Å². The highest BCUT2D eigenvalue weighted by Crippen LogP contribution is 2.09. The van der Waals surface area contributed by atoms with Gasteiger partial charge in [-0.1, -0.05) is 27.2 Å². The molecule has 70 valence electrons. The molecule has 2 unspecified atom stereocenters. The van der Waals surface area contributed by atoms with Crippen molar-refractivity contribution in [2.45, 2.75) is 46.6 Å². The molecular formula is C9H22ClN. The summed E-state index contributed by atoms with van der Waals surface area (Å²) in [4.78, 5) is 0. The van der Waals surface area contributed by atoms with E-state index in [2.05, 4.69) is 33.0 Å². The largest absolute Gasteiger partial charge is 0.314 e. The number of halogens is 1. The van der Waals surface area contributed by atoms with Gasteiger partial charge in [0.2, 0.25) is 0 Å². The summed E-state index contributed by atoms with van der Waals surface area (Å²) in [5.74, 6) is 0.824. The summed E-state index contributed by atoms with van der Waals surface area (Å²) in [5.41, 5.74) is 0. The summed E-state index contributed by atoms with van der Waals surface area (Å²) in [6.07, 6.45) is 2.64. The zero-order chi connectivity index (χ0) is 7.98. The van der Waals surface area contributed by atoms with Gasteiger partial charge in [0.15, 0.2) is 0 Å². The molecule has 0 aromatic carbocycles. The summed E-state index contributed by atoms with van der Waals surface area (Å²) >= 11 is 0. The molecule has 0 fully saturated rings.